The van der Waals surface area contributed by atoms with E-state index < -0.39 is 12.4 Å². The van der Waals surface area contributed by atoms with Crippen LogP contribution in [0.3, 0.4) is 0 Å². The predicted octanol–water partition coefficient (Wildman–Crippen LogP) is 1.67. The number of ether oxygens (including phenoxy) is 3. The van der Waals surface area contributed by atoms with Gasteiger partial charge >= 0.3 is 11.0 Å². The van der Waals surface area contributed by atoms with Crippen molar-refractivity contribution in [3.63, 3.8) is 0 Å². The average molecular weight is 354 g/mol. The second kappa shape index (κ2) is 6.73. The number of anilines is 1. The standard InChI is InChI=1S/C14H18N4O5S/c1-7(2)22-14(20)21-6-8-3-4-10(23-8)18-11-9(24-13(18)19)5-16-12(15)17-11/h5,7-8,10H,3-4,6H2,1-2H3,(H2,15,16,17)/t8-,10+/m0/s1. The van der Waals surface area contributed by atoms with Crippen LogP contribution in [0.5, 0.6) is 0 Å². The summed E-state index contributed by atoms with van der Waals surface area (Å²) in [5.74, 6) is 0.100. The van der Waals surface area contributed by atoms with Gasteiger partial charge in [0.15, 0.2) is 5.65 Å². The van der Waals surface area contributed by atoms with Crippen LogP contribution in [0.2, 0.25) is 0 Å². The molecule has 2 aromatic heterocycles. The molecule has 2 atom stereocenters. The number of rotatable bonds is 4. The van der Waals surface area contributed by atoms with Crippen LogP contribution in [0.4, 0.5) is 10.7 Å². The molecule has 2 N–H and O–H groups in total. The summed E-state index contributed by atoms with van der Waals surface area (Å²) in [5.41, 5.74) is 6.06. The van der Waals surface area contributed by atoms with Crippen LogP contribution in [-0.2, 0) is 14.2 Å². The van der Waals surface area contributed by atoms with Crippen molar-refractivity contribution in [1.29, 1.82) is 0 Å². The van der Waals surface area contributed by atoms with Gasteiger partial charge in [-0.2, -0.15) is 4.98 Å². The molecule has 0 saturated carbocycles. The summed E-state index contributed by atoms with van der Waals surface area (Å²) in [6.45, 7) is 3.56. The Labute approximate surface area is 141 Å². The zero-order chi connectivity index (χ0) is 17.3. The second-order valence-corrected chi connectivity index (χ2v) is 6.66. The molecule has 1 saturated heterocycles. The van der Waals surface area contributed by atoms with E-state index in [0.717, 1.165) is 11.3 Å². The van der Waals surface area contributed by atoms with Crippen molar-refractivity contribution in [2.24, 2.45) is 0 Å². The molecule has 1 fully saturated rings. The number of carbonyl (C=O) groups excluding carboxylic acids is 1. The van der Waals surface area contributed by atoms with Crippen molar-refractivity contribution < 1.29 is 19.0 Å². The number of thiazole rings is 1. The Kier molecular flexibility index (Phi) is 4.67. The van der Waals surface area contributed by atoms with E-state index in [4.69, 9.17) is 19.9 Å². The second-order valence-electron chi connectivity index (χ2n) is 5.67. The van der Waals surface area contributed by atoms with Crippen molar-refractivity contribution in [2.75, 3.05) is 12.3 Å². The first kappa shape index (κ1) is 16.7. The highest BCUT2D eigenvalue weighted by atomic mass is 32.1. The molecule has 10 heteroatoms. The Bertz CT molecular complexity index is 802. The quantitative estimate of drug-likeness (QED) is 0.824. The maximum absolute atomic E-state index is 12.2. The number of carbonyl (C=O) groups is 1. The minimum absolute atomic E-state index is 0.0794. The van der Waals surface area contributed by atoms with Crippen LogP contribution in [0.15, 0.2) is 11.0 Å². The van der Waals surface area contributed by atoms with E-state index >= 15 is 0 Å². The molecule has 0 unspecified atom stereocenters. The summed E-state index contributed by atoms with van der Waals surface area (Å²) in [5, 5.41) is 0. The van der Waals surface area contributed by atoms with E-state index in [-0.39, 0.29) is 29.6 Å². The van der Waals surface area contributed by atoms with Crippen molar-refractivity contribution in [3.05, 3.63) is 15.9 Å². The average Bonchev–Trinajstić information content (AvgIpc) is 3.07. The molecular formula is C14H18N4O5S. The lowest BCUT2D eigenvalue weighted by Gasteiger charge is -2.15. The van der Waals surface area contributed by atoms with Gasteiger partial charge < -0.3 is 19.9 Å². The topological polar surface area (TPSA) is 119 Å². The SMILES string of the molecule is CC(C)OC(=O)OC[C@@H]1CC[C@H](n2c(=O)sc3cnc(N)nc32)O1. The molecule has 0 radical (unpaired) electrons. The summed E-state index contributed by atoms with van der Waals surface area (Å²) in [7, 11) is 0. The van der Waals surface area contributed by atoms with Gasteiger partial charge in [0.05, 0.1) is 23.1 Å². The summed E-state index contributed by atoms with van der Waals surface area (Å²) >= 11 is 1.04. The molecule has 0 amide bonds. The van der Waals surface area contributed by atoms with Crippen LogP contribution >= 0.6 is 11.3 Å². The number of nitrogen functional groups attached to an aromatic ring is 1. The van der Waals surface area contributed by atoms with Gasteiger partial charge in [0.25, 0.3) is 0 Å². The number of hydrogen-bond donors (Lipinski definition) is 1. The normalized spacial score (nSPS) is 20.6. The summed E-state index contributed by atoms with van der Waals surface area (Å²) in [4.78, 5) is 31.5. The summed E-state index contributed by atoms with van der Waals surface area (Å²) < 4.78 is 17.9. The van der Waals surface area contributed by atoms with Crippen LogP contribution in [-0.4, -0.2) is 39.5 Å². The number of nitrogens with zero attached hydrogens (tertiary/aromatic N) is 3. The highest BCUT2D eigenvalue weighted by molar-refractivity contribution is 7.16. The third kappa shape index (κ3) is 3.49. The number of nitrogens with two attached hydrogens (primary N) is 1. The maximum atomic E-state index is 12.2. The molecule has 130 valence electrons. The van der Waals surface area contributed by atoms with E-state index in [1.807, 2.05) is 0 Å². The fourth-order valence-corrected chi connectivity index (χ4v) is 3.32. The van der Waals surface area contributed by atoms with Crippen LogP contribution < -0.4 is 10.6 Å². The summed E-state index contributed by atoms with van der Waals surface area (Å²) in [6, 6.07) is 0. The van der Waals surface area contributed by atoms with E-state index in [1.165, 1.54) is 10.8 Å². The highest BCUT2D eigenvalue weighted by Gasteiger charge is 2.30. The Morgan fingerprint density at radius 2 is 2.33 bits per heavy atom. The van der Waals surface area contributed by atoms with Crippen molar-refractivity contribution >= 4 is 33.8 Å². The molecule has 0 aliphatic carbocycles. The zero-order valence-corrected chi connectivity index (χ0v) is 14.1. The van der Waals surface area contributed by atoms with Crippen molar-refractivity contribution in [2.45, 2.75) is 45.1 Å². The van der Waals surface area contributed by atoms with Gasteiger partial charge in [-0.3, -0.25) is 9.36 Å². The van der Waals surface area contributed by atoms with Gasteiger partial charge in [0.2, 0.25) is 5.95 Å². The molecule has 9 nitrogen and oxygen atoms in total. The minimum Gasteiger partial charge on any atom is -0.432 e. The van der Waals surface area contributed by atoms with E-state index in [2.05, 4.69) is 9.97 Å². The Hall–Kier alpha value is -2.20. The fourth-order valence-electron chi connectivity index (χ4n) is 2.49. The molecule has 2 aromatic rings. The third-order valence-electron chi connectivity index (χ3n) is 3.47. The van der Waals surface area contributed by atoms with Gasteiger partial charge in [0, 0.05) is 0 Å². The van der Waals surface area contributed by atoms with Crippen molar-refractivity contribution in [1.82, 2.24) is 14.5 Å². The van der Waals surface area contributed by atoms with Gasteiger partial charge in [-0.1, -0.05) is 11.3 Å². The zero-order valence-electron chi connectivity index (χ0n) is 13.3. The molecule has 0 bridgehead atoms. The van der Waals surface area contributed by atoms with Gasteiger partial charge in [-0.25, -0.2) is 9.78 Å². The monoisotopic (exact) mass is 354 g/mol. The first-order chi connectivity index (χ1) is 11.4. The largest absolute Gasteiger partial charge is 0.508 e. The number of hydrogen-bond acceptors (Lipinski definition) is 9. The molecule has 0 spiro atoms. The number of fused-ring (bicyclic) bond motifs is 1. The maximum Gasteiger partial charge on any atom is 0.508 e. The highest BCUT2D eigenvalue weighted by Crippen LogP contribution is 2.30. The molecular weight excluding hydrogens is 336 g/mol. The molecule has 1 aliphatic rings. The molecule has 24 heavy (non-hydrogen) atoms. The smallest absolute Gasteiger partial charge is 0.432 e. The Balaban J connectivity index is 1.68. The fraction of sp³-hybridized carbons (Fsp3) is 0.571. The van der Waals surface area contributed by atoms with Gasteiger partial charge in [0.1, 0.15) is 12.8 Å². The van der Waals surface area contributed by atoms with Gasteiger partial charge in [-0.15, -0.1) is 0 Å². The lowest BCUT2D eigenvalue weighted by molar-refractivity contribution is -0.0415. The third-order valence-corrected chi connectivity index (χ3v) is 4.35. The Morgan fingerprint density at radius 1 is 1.54 bits per heavy atom. The van der Waals surface area contributed by atoms with Crippen LogP contribution in [0.1, 0.15) is 32.9 Å². The lowest BCUT2D eigenvalue weighted by atomic mass is 10.2. The molecule has 1 aliphatic heterocycles. The molecule has 3 heterocycles. The predicted molar refractivity (Wildman–Crippen MR) is 86.8 cm³/mol. The summed E-state index contributed by atoms with van der Waals surface area (Å²) in [6.07, 6.45) is 1.07. The first-order valence-electron chi connectivity index (χ1n) is 7.56. The molecule has 3 rings (SSSR count). The van der Waals surface area contributed by atoms with Gasteiger partial charge in [-0.05, 0) is 26.7 Å². The molecule has 0 aromatic carbocycles. The van der Waals surface area contributed by atoms with Crippen LogP contribution in [0, 0.1) is 0 Å². The van der Waals surface area contributed by atoms with E-state index in [9.17, 15) is 9.59 Å². The number of aromatic nitrogens is 3. The first-order valence-corrected chi connectivity index (χ1v) is 8.38. The van der Waals surface area contributed by atoms with E-state index in [1.54, 1.807) is 13.8 Å². The van der Waals surface area contributed by atoms with Crippen molar-refractivity contribution in [3.8, 4) is 0 Å². The lowest BCUT2D eigenvalue weighted by Crippen LogP contribution is -2.24. The Morgan fingerprint density at radius 3 is 3.08 bits per heavy atom. The minimum atomic E-state index is -0.726. The van der Waals surface area contributed by atoms with Crippen LogP contribution in [0.25, 0.3) is 10.3 Å². The van der Waals surface area contributed by atoms with E-state index in [0.29, 0.717) is 23.2 Å².